The lowest BCUT2D eigenvalue weighted by Gasteiger charge is -2.13. The lowest BCUT2D eigenvalue weighted by atomic mass is 10.00. The van der Waals surface area contributed by atoms with Crippen molar-refractivity contribution in [1.82, 2.24) is 9.55 Å². The summed E-state index contributed by atoms with van der Waals surface area (Å²) in [6, 6.07) is 6.24. The molecule has 2 rings (SSSR count). The molecule has 3 nitrogen and oxygen atoms in total. The third-order valence-electron chi connectivity index (χ3n) is 3.18. The first-order valence-electron chi connectivity index (χ1n) is 5.90. The molecule has 1 unspecified atom stereocenters. The van der Waals surface area contributed by atoms with Crippen molar-refractivity contribution < 1.29 is 5.11 Å². The van der Waals surface area contributed by atoms with E-state index in [0.29, 0.717) is 17.4 Å². The number of aliphatic hydroxyl groups excluding tert-OH is 1. The van der Waals surface area contributed by atoms with Crippen molar-refractivity contribution in [2.45, 2.75) is 26.4 Å². The molecule has 1 aromatic carbocycles. The van der Waals surface area contributed by atoms with Gasteiger partial charge in [-0.25, -0.2) is 4.98 Å². The monoisotopic (exact) mass is 264 g/mol. The zero-order valence-corrected chi connectivity index (χ0v) is 11.6. The quantitative estimate of drug-likeness (QED) is 0.926. The summed E-state index contributed by atoms with van der Waals surface area (Å²) in [5, 5.41) is 10.8. The Morgan fingerprint density at radius 2 is 2.11 bits per heavy atom. The summed E-state index contributed by atoms with van der Waals surface area (Å²) in [5.74, 6) is 0.598. The number of nitrogens with zero attached hydrogens (tertiary/aromatic N) is 2. The fraction of sp³-hybridized carbons (Fsp3) is 0.357. The van der Waals surface area contributed by atoms with E-state index in [1.807, 2.05) is 13.8 Å². The molecule has 18 heavy (non-hydrogen) atoms. The number of aromatic nitrogens is 2. The number of rotatable bonds is 3. The summed E-state index contributed by atoms with van der Waals surface area (Å²) < 4.78 is 1.71. The first-order valence-corrected chi connectivity index (χ1v) is 6.28. The van der Waals surface area contributed by atoms with Gasteiger partial charge >= 0.3 is 0 Å². The highest BCUT2D eigenvalue weighted by atomic mass is 35.5. The van der Waals surface area contributed by atoms with Crippen LogP contribution in [0.1, 0.15) is 28.6 Å². The Bertz CT molecular complexity index is 563. The summed E-state index contributed by atoms with van der Waals surface area (Å²) in [7, 11) is 1.80. The number of hydrogen-bond donors (Lipinski definition) is 1. The molecular weight excluding hydrogens is 248 g/mol. The van der Waals surface area contributed by atoms with E-state index in [0.717, 1.165) is 5.56 Å². The lowest BCUT2D eigenvalue weighted by molar-refractivity contribution is 0.165. The van der Waals surface area contributed by atoms with Crippen LogP contribution in [0.3, 0.4) is 0 Å². The van der Waals surface area contributed by atoms with E-state index in [4.69, 9.17) is 11.6 Å². The molecule has 1 aromatic heterocycles. The van der Waals surface area contributed by atoms with Gasteiger partial charge in [0.25, 0.3) is 0 Å². The third-order valence-corrected chi connectivity index (χ3v) is 3.53. The summed E-state index contributed by atoms with van der Waals surface area (Å²) in [6.45, 7) is 4.10. The van der Waals surface area contributed by atoms with Gasteiger partial charge in [0.05, 0.1) is 6.20 Å². The second-order valence-corrected chi connectivity index (χ2v) is 5.04. The normalized spacial score (nSPS) is 12.7. The van der Waals surface area contributed by atoms with Crippen LogP contribution in [0.2, 0.25) is 5.15 Å². The molecule has 0 aliphatic heterocycles. The Balaban J connectivity index is 2.23. The number of hydrogen-bond acceptors (Lipinski definition) is 2. The minimum Gasteiger partial charge on any atom is -0.385 e. The Labute approximate surface area is 112 Å². The van der Waals surface area contributed by atoms with Crippen LogP contribution in [0.25, 0.3) is 0 Å². The SMILES string of the molecule is Cc1ccc(C)c(CC(O)c2ncc(Cl)n2C)c1. The van der Waals surface area contributed by atoms with Crippen molar-refractivity contribution in [3.05, 3.63) is 52.1 Å². The van der Waals surface area contributed by atoms with Gasteiger partial charge in [-0.05, 0) is 25.0 Å². The first kappa shape index (κ1) is 13.1. The van der Waals surface area contributed by atoms with Gasteiger partial charge in [0.15, 0.2) is 0 Å². The number of halogens is 1. The predicted octanol–water partition coefficient (Wildman–Crippen LogP) is 2.97. The molecule has 0 radical (unpaired) electrons. The van der Waals surface area contributed by atoms with Gasteiger partial charge in [0.2, 0.25) is 0 Å². The largest absolute Gasteiger partial charge is 0.385 e. The summed E-state index contributed by atoms with van der Waals surface area (Å²) >= 11 is 5.92. The van der Waals surface area contributed by atoms with E-state index in [1.165, 1.54) is 11.1 Å². The minimum absolute atomic E-state index is 0.532. The molecule has 1 atom stereocenters. The van der Waals surface area contributed by atoms with Crippen molar-refractivity contribution in [1.29, 1.82) is 0 Å². The average Bonchev–Trinajstić information content (AvgIpc) is 2.65. The molecule has 0 amide bonds. The van der Waals surface area contributed by atoms with Gasteiger partial charge in [-0.15, -0.1) is 0 Å². The van der Waals surface area contributed by atoms with E-state index in [2.05, 4.69) is 23.2 Å². The standard InChI is InChI=1S/C14H17ClN2O/c1-9-4-5-10(2)11(6-9)7-12(18)14-16-8-13(15)17(14)3/h4-6,8,12,18H,7H2,1-3H3. The second kappa shape index (κ2) is 5.12. The number of aryl methyl sites for hydroxylation is 2. The van der Waals surface area contributed by atoms with Gasteiger partial charge in [-0.2, -0.15) is 0 Å². The molecule has 0 saturated heterocycles. The van der Waals surface area contributed by atoms with Crippen molar-refractivity contribution in [3.8, 4) is 0 Å². The van der Waals surface area contributed by atoms with Crippen molar-refractivity contribution >= 4 is 11.6 Å². The van der Waals surface area contributed by atoms with Crippen LogP contribution in [0.5, 0.6) is 0 Å². The maximum absolute atomic E-state index is 10.2. The topological polar surface area (TPSA) is 38.1 Å². The maximum atomic E-state index is 10.2. The molecule has 2 aromatic rings. The van der Waals surface area contributed by atoms with Crippen LogP contribution in [0.15, 0.2) is 24.4 Å². The van der Waals surface area contributed by atoms with Crippen molar-refractivity contribution in [2.24, 2.45) is 7.05 Å². The summed E-state index contributed by atoms with van der Waals surface area (Å²) in [4.78, 5) is 4.14. The van der Waals surface area contributed by atoms with Gasteiger partial charge < -0.3 is 9.67 Å². The summed E-state index contributed by atoms with van der Waals surface area (Å²) in [5.41, 5.74) is 3.52. The molecule has 0 fully saturated rings. The third kappa shape index (κ3) is 2.57. The minimum atomic E-state index is -0.636. The molecule has 0 spiro atoms. The van der Waals surface area contributed by atoms with Crippen LogP contribution in [-0.2, 0) is 13.5 Å². The highest BCUT2D eigenvalue weighted by Crippen LogP contribution is 2.22. The fourth-order valence-corrected chi connectivity index (χ4v) is 2.17. The maximum Gasteiger partial charge on any atom is 0.138 e. The molecule has 4 heteroatoms. The molecular formula is C14H17ClN2O. The van der Waals surface area contributed by atoms with Crippen LogP contribution in [-0.4, -0.2) is 14.7 Å². The Morgan fingerprint density at radius 1 is 1.39 bits per heavy atom. The Hall–Kier alpha value is -1.32. The molecule has 1 heterocycles. The highest BCUT2D eigenvalue weighted by Gasteiger charge is 2.16. The number of benzene rings is 1. The fourth-order valence-electron chi connectivity index (χ4n) is 2.03. The zero-order valence-electron chi connectivity index (χ0n) is 10.8. The van der Waals surface area contributed by atoms with E-state index < -0.39 is 6.10 Å². The van der Waals surface area contributed by atoms with Crippen LogP contribution < -0.4 is 0 Å². The molecule has 96 valence electrons. The smallest absolute Gasteiger partial charge is 0.138 e. The van der Waals surface area contributed by atoms with Crippen molar-refractivity contribution in [3.63, 3.8) is 0 Å². The molecule has 0 saturated carbocycles. The number of aliphatic hydroxyl groups is 1. The van der Waals surface area contributed by atoms with E-state index in [9.17, 15) is 5.11 Å². The van der Waals surface area contributed by atoms with E-state index >= 15 is 0 Å². The van der Waals surface area contributed by atoms with Gasteiger partial charge in [0, 0.05) is 13.5 Å². The van der Waals surface area contributed by atoms with Crippen LogP contribution in [0.4, 0.5) is 0 Å². The Kier molecular flexibility index (Phi) is 3.73. The van der Waals surface area contributed by atoms with Gasteiger partial charge in [-0.1, -0.05) is 35.4 Å². The molecule has 0 aliphatic carbocycles. The molecule has 0 bridgehead atoms. The van der Waals surface area contributed by atoms with Crippen molar-refractivity contribution in [2.75, 3.05) is 0 Å². The van der Waals surface area contributed by atoms with E-state index in [1.54, 1.807) is 17.8 Å². The van der Waals surface area contributed by atoms with Crippen LogP contribution in [0, 0.1) is 13.8 Å². The number of imidazole rings is 1. The lowest BCUT2D eigenvalue weighted by Crippen LogP contribution is -2.09. The summed E-state index contributed by atoms with van der Waals surface area (Å²) in [6.07, 6.45) is 1.47. The van der Waals surface area contributed by atoms with Gasteiger partial charge in [0.1, 0.15) is 17.1 Å². The average molecular weight is 265 g/mol. The highest BCUT2D eigenvalue weighted by molar-refractivity contribution is 6.29. The molecule has 0 aliphatic rings. The Morgan fingerprint density at radius 3 is 2.72 bits per heavy atom. The second-order valence-electron chi connectivity index (χ2n) is 4.65. The first-order chi connectivity index (χ1) is 8.49. The van der Waals surface area contributed by atoms with E-state index in [-0.39, 0.29) is 0 Å². The predicted molar refractivity (Wildman–Crippen MR) is 72.8 cm³/mol. The van der Waals surface area contributed by atoms with Crippen LogP contribution >= 0.6 is 11.6 Å². The van der Waals surface area contributed by atoms with Gasteiger partial charge in [-0.3, -0.25) is 0 Å². The molecule has 1 N–H and O–H groups in total. The zero-order chi connectivity index (χ0) is 13.3.